The van der Waals surface area contributed by atoms with Crippen LogP contribution >= 0.6 is 0 Å². The zero-order valence-electron chi connectivity index (χ0n) is 13.1. The van der Waals surface area contributed by atoms with Crippen LogP contribution in [0.4, 0.5) is 0 Å². The summed E-state index contributed by atoms with van der Waals surface area (Å²) in [4.78, 5) is 4.41. The zero-order valence-corrected chi connectivity index (χ0v) is 13.1. The summed E-state index contributed by atoms with van der Waals surface area (Å²) >= 11 is 0. The molecule has 0 spiro atoms. The average molecular weight is 289 g/mol. The number of aromatic nitrogens is 2. The molecule has 1 aromatic heterocycles. The summed E-state index contributed by atoms with van der Waals surface area (Å²) < 4.78 is 12.8. The lowest BCUT2D eigenvalue weighted by atomic mass is 10.0. The lowest BCUT2D eigenvalue weighted by molar-refractivity contribution is 0.383. The van der Waals surface area contributed by atoms with Crippen molar-refractivity contribution >= 4 is 0 Å². The van der Waals surface area contributed by atoms with Crippen molar-refractivity contribution in [3.05, 3.63) is 42.0 Å². The third kappa shape index (κ3) is 3.55. The van der Waals surface area contributed by atoms with Gasteiger partial charge in [-0.3, -0.25) is 0 Å². The normalized spacial score (nSPS) is 12.2. The number of aryl methyl sites for hydroxylation is 1. The van der Waals surface area contributed by atoms with Gasteiger partial charge in [-0.15, -0.1) is 0 Å². The summed E-state index contributed by atoms with van der Waals surface area (Å²) in [5.41, 5.74) is 1.11. The molecule has 5 nitrogen and oxygen atoms in total. The van der Waals surface area contributed by atoms with Gasteiger partial charge in [0.1, 0.15) is 17.3 Å². The molecule has 0 radical (unpaired) electrons. The minimum absolute atomic E-state index is 0.150. The van der Waals surface area contributed by atoms with E-state index in [0.29, 0.717) is 0 Å². The van der Waals surface area contributed by atoms with Gasteiger partial charge >= 0.3 is 0 Å². The van der Waals surface area contributed by atoms with E-state index < -0.39 is 0 Å². The Balaban J connectivity index is 2.31. The van der Waals surface area contributed by atoms with Crippen molar-refractivity contribution in [2.24, 2.45) is 7.05 Å². The fraction of sp³-hybridized carbons (Fsp3) is 0.438. The molecule has 0 aliphatic heterocycles. The number of likely N-dealkylation sites (N-methyl/N-ethyl adjacent to an activating group) is 1. The van der Waals surface area contributed by atoms with E-state index in [1.165, 1.54) is 0 Å². The maximum atomic E-state index is 5.52. The number of imidazole rings is 1. The van der Waals surface area contributed by atoms with E-state index in [1.54, 1.807) is 14.2 Å². The molecule has 0 saturated heterocycles. The zero-order chi connectivity index (χ0) is 15.2. The van der Waals surface area contributed by atoms with Crippen LogP contribution < -0.4 is 14.8 Å². The Kier molecular flexibility index (Phi) is 5.22. The number of nitrogens with one attached hydrogen (secondary N) is 1. The highest BCUT2D eigenvalue weighted by atomic mass is 16.5. The molecule has 2 aromatic rings. The molecule has 1 N–H and O–H groups in total. The van der Waals surface area contributed by atoms with Crippen molar-refractivity contribution in [1.82, 2.24) is 14.9 Å². The van der Waals surface area contributed by atoms with E-state index in [4.69, 9.17) is 9.47 Å². The van der Waals surface area contributed by atoms with Crippen molar-refractivity contribution in [1.29, 1.82) is 0 Å². The fourth-order valence-electron chi connectivity index (χ4n) is 2.42. The highest BCUT2D eigenvalue weighted by Gasteiger charge is 2.18. The third-order valence-corrected chi connectivity index (χ3v) is 3.57. The number of rotatable bonds is 7. The number of hydrogen-bond acceptors (Lipinski definition) is 4. The van der Waals surface area contributed by atoms with Crippen LogP contribution in [0, 0.1) is 0 Å². The van der Waals surface area contributed by atoms with E-state index >= 15 is 0 Å². The van der Waals surface area contributed by atoms with Gasteiger partial charge in [-0.25, -0.2) is 4.98 Å². The quantitative estimate of drug-likeness (QED) is 0.850. The Labute approximate surface area is 125 Å². The van der Waals surface area contributed by atoms with E-state index in [2.05, 4.69) is 17.2 Å². The molecule has 5 heteroatoms. The molecule has 21 heavy (non-hydrogen) atoms. The standard InChI is InChI=1S/C16H23N3O2/c1-5-17-14(11-16-18-8-9-19(16)2)13-7-6-12(20-3)10-15(13)21-4/h6-10,14,17H,5,11H2,1-4H3. The maximum absolute atomic E-state index is 5.52. The molecule has 0 saturated carbocycles. The Morgan fingerprint density at radius 3 is 2.67 bits per heavy atom. The first kappa shape index (κ1) is 15.4. The predicted octanol–water partition coefficient (Wildman–Crippen LogP) is 2.33. The molecule has 114 valence electrons. The number of hydrogen-bond donors (Lipinski definition) is 1. The van der Waals surface area contributed by atoms with Gasteiger partial charge in [0.05, 0.1) is 14.2 Å². The van der Waals surface area contributed by atoms with Gasteiger partial charge in [0.25, 0.3) is 0 Å². The second-order valence-electron chi connectivity index (χ2n) is 4.88. The van der Waals surface area contributed by atoms with Gasteiger partial charge < -0.3 is 19.4 Å². The van der Waals surface area contributed by atoms with Gasteiger partial charge in [-0.1, -0.05) is 13.0 Å². The first-order chi connectivity index (χ1) is 10.2. The Morgan fingerprint density at radius 2 is 2.10 bits per heavy atom. The Hall–Kier alpha value is -2.01. The van der Waals surface area contributed by atoms with Gasteiger partial charge in [0.2, 0.25) is 0 Å². The van der Waals surface area contributed by atoms with Gasteiger partial charge in [0.15, 0.2) is 0 Å². The van der Waals surface area contributed by atoms with Gasteiger partial charge in [-0.2, -0.15) is 0 Å². The summed E-state index contributed by atoms with van der Waals surface area (Å²) in [6.07, 6.45) is 4.59. The van der Waals surface area contributed by atoms with Crippen molar-refractivity contribution in [2.75, 3.05) is 20.8 Å². The lowest BCUT2D eigenvalue weighted by Crippen LogP contribution is -2.24. The molecule has 0 amide bonds. The van der Waals surface area contributed by atoms with Crippen molar-refractivity contribution in [2.45, 2.75) is 19.4 Å². The smallest absolute Gasteiger partial charge is 0.127 e. The highest BCUT2D eigenvalue weighted by Crippen LogP contribution is 2.31. The van der Waals surface area contributed by atoms with Crippen LogP contribution in [0.25, 0.3) is 0 Å². The second kappa shape index (κ2) is 7.13. The minimum atomic E-state index is 0.150. The van der Waals surface area contributed by atoms with Crippen molar-refractivity contribution in [3.8, 4) is 11.5 Å². The predicted molar refractivity (Wildman–Crippen MR) is 82.9 cm³/mol. The fourth-order valence-corrected chi connectivity index (χ4v) is 2.42. The van der Waals surface area contributed by atoms with Gasteiger partial charge in [-0.05, 0) is 12.6 Å². The van der Waals surface area contributed by atoms with Gasteiger partial charge in [0, 0.05) is 43.5 Å². The van der Waals surface area contributed by atoms with Crippen LogP contribution in [0.3, 0.4) is 0 Å². The SMILES string of the molecule is CCNC(Cc1nccn1C)c1ccc(OC)cc1OC. The number of ether oxygens (including phenoxy) is 2. The number of methoxy groups -OCH3 is 2. The van der Waals surface area contributed by atoms with Crippen LogP contribution in [0.1, 0.15) is 24.4 Å². The molecule has 1 unspecified atom stereocenters. The van der Waals surface area contributed by atoms with Crippen molar-refractivity contribution < 1.29 is 9.47 Å². The number of benzene rings is 1. The summed E-state index contributed by atoms with van der Waals surface area (Å²) in [6, 6.07) is 6.07. The summed E-state index contributed by atoms with van der Waals surface area (Å²) in [7, 11) is 5.35. The Morgan fingerprint density at radius 1 is 1.29 bits per heavy atom. The summed E-state index contributed by atoms with van der Waals surface area (Å²) in [5, 5.41) is 3.50. The van der Waals surface area contributed by atoms with Crippen LogP contribution in [-0.2, 0) is 13.5 Å². The molecule has 1 atom stereocenters. The molecule has 2 rings (SSSR count). The maximum Gasteiger partial charge on any atom is 0.127 e. The first-order valence-corrected chi connectivity index (χ1v) is 7.11. The van der Waals surface area contributed by atoms with E-state index in [9.17, 15) is 0 Å². The van der Waals surface area contributed by atoms with E-state index in [1.807, 2.05) is 42.2 Å². The molecular formula is C16H23N3O2. The van der Waals surface area contributed by atoms with Crippen LogP contribution in [0.15, 0.2) is 30.6 Å². The average Bonchev–Trinajstić information content (AvgIpc) is 2.91. The second-order valence-corrected chi connectivity index (χ2v) is 4.88. The topological polar surface area (TPSA) is 48.3 Å². The largest absolute Gasteiger partial charge is 0.497 e. The van der Waals surface area contributed by atoms with Crippen LogP contribution in [-0.4, -0.2) is 30.3 Å². The monoisotopic (exact) mass is 289 g/mol. The van der Waals surface area contributed by atoms with Crippen LogP contribution in [0.5, 0.6) is 11.5 Å². The number of nitrogens with zero attached hydrogens (tertiary/aromatic N) is 2. The molecule has 0 aliphatic rings. The minimum Gasteiger partial charge on any atom is -0.497 e. The Bertz CT molecular complexity index is 581. The molecule has 0 aliphatic carbocycles. The summed E-state index contributed by atoms with van der Waals surface area (Å²) in [5.74, 6) is 2.66. The molecule has 0 fully saturated rings. The first-order valence-electron chi connectivity index (χ1n) is 7.11. The van der Waals surface area contributed by atoms with Crippen molar-refractivity contribution in [3.63, 3.8) is 0 Å². The van der Waals surface area contributed by atoms with Crippen LogP contribution in [0.2, 0.25) is 0 Å². The highest BCUT2D eigenvalue weighted by molar-refractivity contribution is 5.42. The molecule has 0 bridgehead atoms. The lowest BCUT2D eigenvalue weighted by Gasteiger charge is -2.21. The van der Waals surface area contributed by atoms with E-state index in [-0.39, 0.29) is 6.04 Å². The summed E-state index contributed by atoms with van der Waals surface area (Å²) in [6.45, 7) is 2.98. The molecule has 1 heterocycles. The molecule has 1 aromatic carbocycles. The third-order valence-electron chi connectivity index (χ3n) is 3.57. The van der Waals surface area contributed by atoms with E-state index in [0.717, 1.165) is 35.9 Å². The molecular weight excluding hydrogens is 266 g/mol.